The van der Waals surface area contributed by atoms with E-state index in [0.29, 0.717) is 32.6 Å². The molecular weight excluding hydrogens is 491 g/mol. The molecule has 8 nitrogen and oxygen atoms in total. The van der Waals surface area contributed by atoms with E-state index >= 15 is 0 Å². The first kappa shape index (κ1) is 22.7. The smallest absolute Gasteiger partial charge is 0.217 e. The number of aryl methyl sites for hydroxylation is 2. The van der Waals surface area contributed by atoms with Crippen molar-refractivity contribution in [1.29, 1.82) is 0 Å². The predicted molar refractivity (Wildman–Crippen MR) is 125 cm³/mol. The molecule has 4 rings (SSSR count). The maximum absolute atomic E-state index is 14.3. The van der Waals surface area contributed by atoms with E-state index in [9.17, 15) is 9.18 Å². The predicted octanol–water partition coefficient (Wildman–Crippen LogP) is 4.55. The summed E-state index contributed by atoms with van der Waals surface area (Å²) in [5, 5.41) is 8.73. The van der Waals surface area contributed by atoms with E-state index in [1.165, 1.54) is 16.9 Å². The second-order valence-electron chi connectivity index (χ2n) is 7.47. The first-order chi connectivity index (χ1) is 15.8. The fourth-order valence-electron chi connectivity index (χ4n) is 3.51. The molecule has 0 bridgehead atoms. The van der Waals surface area contributed by atoms with Gasteiger partial charge in [-0.05, 0) is 60.1 Å². The summed E-state index contributed by atoms with van der Waals surface area (Å²) in [5.74, 6) is -0.154. The minimum atomic E-state index is -0.625. The normalized spacial score (nSPS) is 12.0. The number of pyridine rings is 1. The average molecular weight is 513 g/mol. The van der Waals surface area contributed by atoms with Crippen LogP contribution < -0.4 is 10.5 Å². The van der Waals surface area contributed by atoms with E-state index in [1.54, 1.807) is 44.6 Å². The SMILES string of the molecule is CCn1ccc(C(=O)c2nn(C)nc2-c2ccc(F)cc2[C@@H](C)Oc2cc(Br)cnc2N)c1. The minimum Gasteiger partial charge on any atom is -0.482 e. The number of aromatic nitrogens is 5. The lowest BCUT2D eigenvalue weighted by Crippen LogP contribution is -2.09. The van der Waals surface area contributed by atoms with Crippen molar-refractivity contribution < 1.29 is 13.9 Å². The van der Waals surface area contributed by atoms with Gasteiger partial charge >= 0.3 is 0 Å². The number of ether oxygens (including phenoxy) is 1. The Kier molecular flexibility index (Phi) is 6.28. The summed E-state index contributed by atoms with van der Waals surface area (Å²) in [6.45, 7) is 4.49. The second-order valence-corrected chi connectivity index (χ2v) is 8.39. The third kappa shape index (κ3) is 4.65. The molecule has 0 aliphatic heterocycles. The summed E-state index contributed by atoms with van der Waals surface area (Å²) in [4.78, 5) is 18.6. The van der Waals surface area contributed by atoms with Crippen LogP contribution in [0.2, 0.25) is 0 Å². The second kappa shape index (κ2) is 9.14. The monoisotopic (exact) mass is 512 g/mol. The summed E-state index contributed by atoms with van der Waals surface area (Å²) in [6.07, 6.45) is 4.53. The van der Waals surface area contributed by atoms with Crippen molar-refractivity contribution in [3.63, 3.8) is 0 Å². The van der Waals surface area contributed by atoms with E-state index in [1.807, 2.05) is 17.7 Å². The van der Waals surface area contributed by atoms with Gasteiger partial charge in [0.15, 0.2) is 17.3 Å². The van der Waals surface area contributed by atoms with E-state index < -0.39 is 11.9 Å². The van der Waals surface area contributed by atoms with Gasteiger partial charge < -0.3 is 15.0 Å². The molecule has 1 aromatic carbocycles. The van der Waals surface area contributed by atoms with Gasteiger partial charge in [-0.3, -0.25) is 4.79 Å². The van der Waals surface area contributed by atoms with E-state index in [2.05, 4.69) is 31.1 Å². The summed E-state index contributed by atoms with van der Waals surface area (Å²) in [5.41, 5.74) is 7.99. The molecule has 0 amide bonds. The molecule has 0 fully saturated rings. The van der Waals surface area contributed by atoms with Crippen LogP contribution in [0.1, 0.15) is 41.6 Å². The minimum absolute atomic E-state index is 0.176. The van der Waals surface area contributed by atoms with Crippen LogP contribution >= 0.6 is 15.9 Å². The van der Waals surface area contributed by atoms with Crippen LogP contribution in [0.25, 0.3) is 11.3 Å². The summed E-state index contributed by atoms with van der Waals surface area (Å²) in [6, 6.07) is 7.68. The lowest BCUT2D eigenvalue weighted by atomic mass is 9.97. The highest BCUT2D eigenvalue weighted by molar-refractivity contribution is 9.10. The van der Waals surface area contributed by atoms with Crippen LogP contribution in [0.4, 0.5) is 10.2 Å². The molecule has 0 aliphatic carbocycles. The molecule has 0 saturated carbocycles. The van der Waals surface area contributed by atoms with Gasteiger partial charge in [-0.1, -0.05) is 0 Å². The van der Waals surface area contributed by atoms with Crippen LogP contribution in [0, 0.1) is 5.82 Å². The standard InChI is InChI=1S/C23H22BrFN6O2/c1-4-31-8-7-14(12-31)22(32)21-20(28-30(3)29-21)17-6-5-16(25)10-18(17)13(2)33-19-9-15(24)11-27-23(19)26/h5-13H,4H2,1-3H3,(H2,26,27)/t13-/m1/s1. The number of nitrogen functional groups attached to an aromatic ring is 1. The molecule has 3 heterocycles. The number of rotatable bonds is 7. The Morgan fingerprint density at radius 1 is 1.27 bits per heavy atom. The molecule has 0 spiro atoms. The van der Waals surface area contributed by atoms with Crippen LogP contribution in [0.15, 0.2) is 53.4 Å². The molecule has 0 unspecified atom stereocenters. The third-order valence-corrected chi connectivity index (χ3v) is 5.60. The van der Waals surface area contributed by atoms with Gasteiger partial charge in [0.2, 0.25) is 5.78 Å². The molecule has 2 N–H and O–H groups in total. The van der Waals surface area contributed by atoms with Crippen molar-refractivity contribution in [3.8, 4) is 17.0 Å². The highest BCUT2D eigenvalue weighted by atomic mass is 79.9. The Morgan fingerprint density at radius 2 is 2.06 bits per heavy atom. The number of hydrogen-bond acceptors (Lipinski definition) is 6. The Morgan fingerprint density at radius 3 is 2.79 bits per heavy atom. The van der Waals surface area contributed by atoms with Gasteiger partial charge in [-0.15, -0.1) is 5.10 Å². The molecule has 1 atom stereocenters. The summed E-state index contributed by atoms with van der Waals surface area (Å²) < 4.78 is 22.9. The Hall–Kier alpha value is -3.53. The van der Waals surface area contributed by atoms with Crippen molar-refractivity contribution in [3.05, 3.63) is 76.0 Å². The zero-order chi connectivity index (χ0) is 23.7. The van der Waals surface area contributed by atoms with Crippen LogP contribution in [0.3, 0.4) is 0 Å². The largest absolute Gasteiger partial charge is 0.482 e. The van der Waals surface area contributed by atoms with Gasteiger partial charge in [0.05, 0.1) is 0 Å². The lowest BCUT2D eigenvalue weighted by molar-refractivity contribution is 0.103. The Balaban J connectivity index is 1.76. The number of nitrogens with two attached hydrogens (primary N) is 1. The van der Waals surface area contributed by atoms with Gasteiger partial charge in [0.25, 0.3) is 0 Å². The number of halogens is 2. The molecule has 0 saturated heterocycles. The first-order valence-electron chi connectivity index (χ1n) is 10.3. The number of nitrogens with zero attached hydrogens (tertiary/aromatic N) is 5. The highest BCUT2D eigenvalue weighted by Crippen LogP contribution is 2.34. The number of ketones is 1. The number of hydrogen-bond donors (Lipinski definition) is 1. The molecule has 33 heavy (non-hydrogen) atoms. The molecule has 0 aliphatic rings. The highest BCUT2D eigenvalue weighted by Gasteiger charge is 2.25. The molecular formula is C23H22BrFN6O2. The van der Waals surface area contributed by atoms with Crippen molar-refractivity contribution in [2.24, 2.45) is 7.05 Å². The number of anilines is 1. The Bertz CT molecular complexity index is 1330. The quantitative estimate of drug-likeness (QED) is 0.364. The van der Waals surface area contributed by atoms with Crippen LogP contribution in [-0.4, -0.2) is 30.3 Å². The average Bonchev–Trinajstić information content (AvgIpc) is 3.42. The zero-order valence-electron chi connectivity index (χ0n) is 18.3. The number of carbonyl (C=O) groups excluding carboxylic acids is 1. The van der Waals surface area contributed by atoms with E-state index in [4.69, 9.17) is 10.5 Å². The van der Waals surface area contributed by atoms with E-state index in [0.717, 1.165) is 6.54 Å². The summed E-state index contributed by atoms with van der Waals surface area (Å²) >= 11 is 3.34. The molecule has 0 radical (unpaired) electrons. The molecule has 170 valence electrons. The van der Waals surface area contributed by atoms with Gasteiger partial charge in [0, 0.05) is 53.3 Å². The topological polar surface area (TPSA) is 101 Å². The van der Waals surface area contributed by atoms with E-state index in [-0.39, 0.29) is 17.3 Å². The fraction of sp³-hybridized carbons (Fsp3) is 0.217. The lowest BCUT2D eigenvalue weighted by Gasteiger charge is -2.19. The maximum Gasteiger partial charge on any atom is 0.217 e. The first-order valence-corrected chi connectivity index (χ1v) is 11.1. The van der Waals surface area contributed by atoms with Crippen molar-refractivity contribution in [2.75, 3.05) is 5.73 Å². The van der Waals surface area contributed by atoms with Gasteiger partial charge in [-0.2, -0.15) is 9.90 Å². The van der Waals surface area contributed by atoms with Gasteiger partial charge in [-0.25, -0.2) is 9.37 Å². The number of carbonyl (C=O) groups is 1. The van der Waals surface area contributed by atoms with Crippen molar-refractivity contribution in [2.45, 2.75) is 26.5 Å². The fourth-order valence-corrected chi connectivity index (χ4v) is 3.82. The van der Waals surface area contributed by atoms with Gasteiger partial charge in [0.1, 0.15) is 17.6 Å². The van der Waals surface area contributed by atoms with Crippen LogP contribution in [-0.2, 0) is 13.6 Å². The van der Waals surface area contributed by atoms with Crippen LogP contribution in [0.5, 0.6) is 5.75 Å². The zero-order valence-corrected chi connectivity index (χ0v) is 19.9. The molecule has 4 aromatic rings. The van der Waals surface area contributed by atoms with Crippen molar-refractivity contribution in [1.82, 2.24) is 24.5 Å². The van der Waals surface area contributed by atoms with Crippen molar-refractivity contribution >= 4 is 27.5 Å². The Labute approximate surface area is 198 Å². The number of benzene rings is 1. The molecule has 10 heteroatoms. The maximum atomic E-state index is 14.3. The molecule has 3 aromatic heterocycles. The summed E-state index contributed by atoms with van der Waals surface area (Å²) in [7, 11) is 1.63. The third-order valence-electron chi connectivity index (χ3n) is 5.17.